The van der Waals surface area contributed by atoms with Crippen LogP contribution in [0.1, 0.15) is 25.8 Å². The van der Waals surface area contributed by atoms with E-state index in [4.69, 9.17) is 0 Å². The molecule has 0 radical (unpaired) electrons. The maximum Gasteiger partial charge on any atom is 0.0619 e. The summed E-state index contributed by atoms with van der Waals surface area (Å²) in [5.41, 5.74) is 9.98. The topological polar surface area (TPSA) is 4.93 Å². The fraction of sp³-hybridized carbons (Fsp3) is 0.0811. The summed E-state index contributed by atoms with van der Waals surface area (Å²) in [4.78, 5) is 0. The summed E-state index contributed by atoms with van der Waals surface area (Å²) in [6.07, 6.45) is 7.17. The van der Waals surface area contributed by atoms with E-state index in [1.807, 2.05) is 6.08 Å². The lowest BCUT2D eigenvalue weighted by Crippen LogP contribution is -1.94. The van der Waals surface area contributed by atoms with Crippen molar-refractivity contribution in [2.24, 2.45) is 0 Å². The van der Waals surface area contributed by atoms with Crippen molar-refractivity contribution < 1.29 is 0 Å². The zero-order valence-corrected chi connectivity index (χ0v) is 22.0. The van der Waals surface area contributed by atoms with E-state index in [1.54, 1.807) is 0 Å². The molecule has 38 heavy (non-hydrogen) atoms. The zero-order chi connectivity index (χ0) is 26.1. The van der Waals surface area contributed by atoms with Gasteiger partial charge in [0.1, 0.15) is 0 Å². The lowest BCUT2D eigenvalue weighted by Gasteiger charge is -2.11. The van der Waals surface area contributed by atoms with Gasteiger partial charge in [-0.1, -0.05) is 115 Å². The molecule has 0 fully saturated rings. The van der Waals surface area contributed by atoms with Crippen molar-refractivity contribution in [3.05, 3.63) is 145 Å². The molecule has 0 aliphatic rings. The normalized spacial score (nSPS) is 12.5. The highest BCUT2D eigenvalue weighted by Gasteiger charge is 2.16. The van der Waals surface area contributed by atoms with E-state index < -0.39 is 0 Å². The monoisotopic (exact) mass is 489 g/mol. The van der Waals surface area contributed by atoms with Crippen LogP contribution >= 0.6 is 0 Å². The van der Waals surface area contributed by atoms with E-state index in [1.165, 1.54) is 66.1 Å². The van der Waals surface area contributed by atoms with Gasteiger partial charge in [-0.25, -0.2) is 0 Å². The third-order valence-electron chi connectivity index (χ3n) is 7.45. The fourth-order valence-corrected chi connectivity index (χ4v) is 5.44. The van der Waals surface area contributed by atoms with Crippen molar-refractivity contribution in [2.45, 2.75) is 20.3 Å². The second-order valence-electron chi connectivity index (χ2n) is 10.0. The molecule has 0 saturated carbocycles. The molecule has 5 aromatic carbocycles. The van der Waals surface area contributed by atoms with Crippen LogP contribution in [0.5, 0.6) is 0 Å². The molecule has 6 aromatic rings. The molecule has 0 amide bonds. The largest absolute Gasteiger partial charge is 0.309 e. The van der Waals surface area contributed by atoms with Gasteiger partial charge in [-0.15, -0.1) is 0 Å². The van der Waals surface area contributed by atoms with Crippen molar-refractivity contribution in [3.8, 4) is 16.8 Å². The van der Waals surface area contributed by atoms with Gasteiger partial charge in [0.15, 0.2) is 0 Å². The van der Waals surface area contributed by atoms with Gasteiger partial charge in [-0.2, -0.15) is 0 Å². The first-order valence-electron chi connectivity index (χ1n) is 13.2. The molecule has 0 spiro atoms. The van der Waals surface area contributed by atoms with E-state index in [0.717, 1.165) is 6.42 Å². The highest BCUT2D eigenvalue weighted by molar-refractivity contribution is 6.19. The van der Waals surface area contributed by atoms with Crippen LogP contribution in [0.15, 0.2) is 140 Å². The summed E-state index contributed by atoms with van der Waals surface area (Å²) in [5, 5.41) is 5.07. The van der Waals surface area contributed by atoms with Crippen LogP contribution in [0.3, 0.4) is 0 Å². The summed E-state index contributed by atoms with van der Waals surface area (Å²) in [6, 6.07) is 39.7. The molecule has 1 heterocycles. The Morgan fingerprint density at radius 2 is 1.42 bits per heavy atom. The average Bonchev–Trinajstić information content (AvgIpc) is 3.30. The van der Waals surface area contributed by atoms with Crippen molar-refractivity contribution in [1.82, 2.24) is 4.57 Å². The number of para-hydroxylation sites is 1. The standard InChI is InChI=1S/C37H31N/c1-4-11-26(2)16-17-27(3)29-18-22-34-35-23-20-31-24-30(28-12-7-5-8-13-28)19-21-33(31)37(35)38(36(34)25-29)32-14-9-6-10-15-32/h4-15,17-25H,1,16H2,2-3H3/b26-11+,27-17+. The quantitative estimate of drug-likeness (QED) is 0.205. The molecule has 0 aliphatic carbocycles. The predicted octanol–water partition coefficient (Wildman–Crippen LogP) is 10.5. The molecule has 6 rings (SSSR count). The third-order valence-corrected chi connectivity index (χ3v) is 7.45. The van der Waals surface area contributed by atoms with E-state index >= 15 is 0 Å². The van der Waals surface area contributed by atoms with E-state index in [9.17, 15) is 0 Å². The summed E-state index contributed by atoms with van der Waals surface area (Å²) in [5.74, 6) is 0. The average molecular weight is 490 g/mol. The molecule has 0 bridgehead atoms. The number of fused-ring (bicyclic) bond motifs is 5. The van der Waals surface area contributed by atoms with Crippen LogP contribution in [-0.4, -0.2) is 4.57 Å². The van der Waals surface area contributed by atoms with Gasteiger partial charge in [-0.05, 0) is 72.2 Å². The Balaban J connectivity index is 1.60. The zero-order valence-electron chi connectivity index (χ0n) is 22.0. The molecule has 184 valence electrons. The van der Waals surface area contributed by atoms with E-state index in [2.05, 4.69) is 146 Å². The van der Waals surface area contributed by atoms with Crippen LogP contribution in [0.25, 0.3) is 55.0 Å². The maximum absolute atomic E-state index is 3.82. The second kappa shape index (κ2) is 10.0. The van der Waals surface area contributed by atoms with E-state index in [0.29, 0.717) is 0 Å². The molecular weight excluding hydrogens is 458 g/mol. The maximum atomic E-state index is 3.82. The SMILES string of the molecule is C=C/C=C(\C)C/C=C(\C)c1ccc2c3ccc4cc(-c5ccccc5)ccc4c3n(-c3ccccc3)c2c1. The lowest BCUT2D eigenvalue weighted by molar-refractivity contribution is 1.18. The number of allylic oxidation sites excluding steroid dienone is 5. The summed E-state index contributed by atoms with van der Waals surface area (Å²) in [6.45, 7) is 8.18. The number of nitrogens with zero attached hydrogens (tertiary/aromatic N) is 1. The Morgan fingerprint density at radius 1 is 0.711 bits per heavy atom. The minimum Gasteiger partial charge on any atom is -0.309 e. The van der Waals surface area contributed by atoms with Gasteiger partial charge in [0.25, 0.3) is 0 Å². The molecule has 1 aromatic heterocycles. The fourth-order valence-electron chi connectivity index (χ4n) is 5.44. The highest BCUT2D eigenvalue weighted by atomic mass is 15.0. The smallest absolute Gasteiger partial charge is 0.0619 e. The molecule has 1 nitrogen and oxygen atoms in total. The summed E-state index contributed by atoms with van der Waals surface area (Å²) in [7, 11) is 0. The van der Waals surface area contributed by atoms with Gasteiger partial charge in [0, 0.05) is 21.8 Å². The first-order chi connectivity index (χ1) is 18.6. The number of benzene rings is 5. The van der Waals surface area contributed by atoms with Crippen LogP contribution in [0.2, 0.25) is 0 Å². The predicted molar refractivity (Wildman–Crippen MR) is 166 cm³/mol. The second-order valence-corrected chi connectivity index (χ2v) is 10.0. The Hall–Kier alpha value is -4.62. The van der Waals surface area contributed by atoms with Crippen molar-refractivity contribution >= 4 is 38.2 Å². The Kier molecular flexibility index (Phi) is 6.27. The molecular formula is C37H31N. The van der Waals surface area contributed by atoms with Crippen molar-refractivity contribution in [1.29, 1.82) is 0 Å². The van der Waals surface area contributed by atoms with E-state index in [-0.39, 0.29) is 0 Å². The van der Waals surface area contributed by atoms with Crippen LogP contribution in [-0.2, 0) is 0 Å². The molecule has 1 heteroatoms. The Labute approximate surface area is 224 Å². The van der Waals surface area contributed by atoms with Crippen molar-refractivity contribution in [2.75, 3.05) is 0 Å². The first kappa shape index (κ1) is 23.8. The Bertz CT molecular complexity index is 1850. The number of rotatable bonds is 6. The highest BCUT2D eigenvalue weighted by Crippen LogP contribution is 2.38. The molecule has 0 N–H and O–H groups in total. The first-order valence-corrected chi connectivity index (χ1v) is 13.2. The van der Waals surface area contributed by atoms with Crippen molar-refractivity contribution in [3.63, 3.8) is 0 Å². The number of hydrogen-bond acceptors (Lipinski definition) is 0. The lowest BCUT2D eigenvalue weighted by atomic mass is 9.99. The van der Waals surface area contributed by atoms with Crippen LogP contribution < -0.4 is 0 Å². The molecule has 0 unspecified atom stereocenters. The molecule has 0 atom stereocenters. The molecule has 0 aliphatic heterocycles. The number of aromatic nitrogens is 1. The van der Waals surface area contributed by atoms with Gasteiger partial charge >= 0.3 is 0 Å². The van der Waals surface area contributed by atoms with Crippen LogP contribution in [0.4, 0.5) is 0 Å². The third kappa shape index (κ3) is 4.27. The van der Waals surface area contributed by atoms with Gasteiger partial charge in [0.05, 0.1) is 11.0 Å². The Morgan fingerprint density at radius 3 is 2.18 bits per heavy atom. The summed E-state index contributed by atoms with van der Waals surface area (Å²) < 4.78 is 2.44. The molecule has 0 saturated heterocycles. The van der Waals surface area contributed by atoms with Gasteiger partial charge < -0.3 is 4.57 Å². The summed E-state index contributed by atoms with van der Waals surface area (Å²) >= 11 is 0. The number of hydrogen-bond donors (Lipinski definition) is 0. The van der Waals surface area contributed by atoms with Gasteiger partial charge in [-0.3, -0.25) is 0 Å². The minimum atomic E-state index is 0.923. The van der Waals surface area contributed by atoms with Crippen LogP contribution in [0, 0.1) is 0 Å². The minimum absolute atomic E-state index is 0.923. The van der Waals surface area contributed by atoms with Gasteiger partial charge in [0.2, 0.25) is 0 Å².